The molecule has 32 heavy (non-hydrogen) atoms. The number of aromatic amines is 1. The molecule has 0 aliphatic carbocycles. The van der Waals surface area contributed by atoms with Crippen LogP contribution in [0.15, 0.2) is 36.4 Å². The largest absolute Gasteiger partial charge is 0.586 e. The van der Waals surface area contributed by atoms with Crippen LogP contribution < -0.4 is 14.8 Å². The number of H-pyrrole nitrogens is 1. The standard InChI is InChI=1S/C19H10F3N5O4S/c20-9-3-1-8(2-4-9)12(28)7-15-25-16(27-32-15)17(29)26-18-23-10-5-13-14(6-11(10)24-18)31-19(21,22)30-13/h1-6H,7H2,(H2,23,24,26,29). The van der Waals surface area contributed by atoms with E-state index >= 15 is 0 Å². The molecule has 2 N–H and O–H groups in total. The maximum absolute atomic E-state index is 13.1. The Morgan fingerprint density at radius 3 is 2.56 bits per heavy atom. The van der Waals surface area contributed by atoms with Gasteiger partial charge in [0.1, 0.15) is 10.8 Å². The summed E-state index contributed by atoms with van der Waals surface area (Å²) in [6.07, 6.45) is -3.85. The highest BCUT2D eigenvalue weighted by molar-refractivity contribution is 7.05. The number of alkyl halides is 2. The summed E-state index contributed by atoms with van der Waals surface area (Å²) in [6.45, 7) is 0. The minimum absolute atomic E-state index is 0.0270. The number of hydrogen-bond acceptors (Lipinski definition) is 8. The first-order chi connectivity index (χ1) is 15.3. The van der Waals surface area contributed by atoms with Gasteiger partial charge < -0.3 is 14.5 Å². The van der Waals surface area contributed by atoms with Gasteiger partial charge in [-0.25, -0.2) is 14.4 Å². The Kier molecular flexibility index (Phi) is 4.55. The number of ketones is 1. The van der Waals surface area contributed by atoms with Gasteiger partial charge >= 0.3 is 6.29 Å². The second-order valence-electron chi connectivity index (χ2n) is 6.64. The Labute approximate surface area is 180 Å². The minimum Gasteiger partial charge on any atom is -0.395 e. The van der Waals surface area contributed by atoms with E-state index < -0.39 is 18.0 Å². The molecule has 0 unspecified atom stereocenters. The number of rotatable bonds is 5. The van der Waals surface area contributed by atoms with Crippen LogP contribution >= 0.6 is 11.5 Å². The molecular formula is C19H10F3N5O4S. The summed E-state index contributed by atoms with van der Waals surface area (Å²) >= 11 is 0.882. The number of anilines is 1. The van der Waals surface area contributed by atoms with Gasteiger partial charge in [0.2, 0.25) is 11.8 Å². The summed E-state index contributed by atoms with van der Waals surface area (Å²) in [5.41, 5.74) is 0.904. The molecule has 0 fully saturated rings. The number of Topliss-reactive ketones (excluding diaryl/α,β-unsaturated/α-hetero) is 1. The molecule has 13 heteroatoms. The summed E-state index contributed by atoms with van der Waals surface area (Å²) in [5, 5.41) is 2.77. The summed E-state index contributed by atoms with van der Waals surface area (Å²) < 4.78 is 52.0. The third-order valence-corrected chi connectivity index (χ3v) is 5.10. The highest BCUT2D eigenvalue weighted by atomic mass is 32.1. The highest BCUT2D eigenvalue weighted by Crippen LogP contribution is 2.42. The van der Waals surface area contributed by atoms with Crippen molar-refractivity contribution in [2.45, 2.75) is 12.7 Å². The number of ether oxygens (including phenoxy) is 2. The van der Waals surface area contributed by atoms with Gasteiger partial charge in [-0.2, -0.15) is 4.37 Å². The topological polar surface area (TPSA) is 119 Å². The zero-order chi connectivity index (χ0) is 22.5. The molecule has 0 spiro atoms. The average molecular weight is 461 g/mol. The predicted octanol–water partition coefficient (Wildman–Crippen LogP) is 3.55. The molecule has 2 aromatic heterocycles. The van der Waals surface area contributed by atoms with Crippen molar-refractivity contribution in [1.82, 2.24) is 19.3 Å². The summed E-state index contributed by atoms with van der Waals surface area (Å²) in [6, 6.07) is 7.60. The van der Waals surface area contributed by atoms with Crippen LogP contribution in [0.2, 0.25) is 0 Å². The fraction of sp³-hybridized carbons (Fsp3) is 0.105. The molecule has 4 aromatic rings. The second-order valence-corrected chi connectivity index (χ2v) is 7.48. The van der Waals surface area contributed by atoms with Crippen LogP contribution in [-0.4, -0.2) is 37.3 Å². The number of benzene rings is 2. The second kappa shape index (κ2) is 7.30. The quantitative estimate of drug-likeness (QED) is 0.436. The van der Waals surface area contributed by atoms with E-state index in [4.69, 9.17) is 0 Å². The van der Waals surface area contributed by atoms with Gasteiger partial charge in [-0.3, -0.25) is 14.9 Å². The number of nitrogens with zero attached hydrogens (tertiary/aromatic N) is 3. The molecule has 9 nitrogen and oxygen atoms in total. The molecule has 1 amide bonds. The number of aromatic nitrogens is 4. The van der Waals surface area contributed by atoms with Crippen LogP contribution in [0.4, 0.5) is 19.1 Å². The monoisotopic (exact) mass is 461 g/mol. The number of carbonyl (C=O) groups is 2. The molecular weight excluding hydrogens is 451 g/mol. The number of halogens is 3. The van der Waals surface area contributed by atoms with Crippen LogP contribution in [0.25, 0.3) is 11.0 Å². The molecule has 0 saturated heterocycles. The van der Waals surface area contributed by atoms with Gasteiger partial charge in [0.05, 0.1) is 17.5 Å². The molecule has 0 radical (unpaired) electrons. The van der Waals surface area contributed by atoms with Crippen LogP contribution in [0, 0.1) is 5.82 Å². The predicted molar refractivity (Wildman–Crippen MR) is 105 cm³/mol. The lowest BCUT2D eigenvalue weighted by Gasteiger charge is -2.04. The van der Waals surface area contributed by atoms with E-state index in [1.807, 2.05) is 0 Å². The van der Waals surface area contributed by atoms with E-state index in [2.05, 4.69) is 34.1 Å². The smallest absolute Gasteiger partial charge is 0.395 e. The van der Waals surface area contributed by atoms with Gasteiger partial charge in [0, 0.05) is 17.7 Å². The molecule has 2 aromatic carbocycles. The van der Waals surface area contributed by atoms with Crippen molar-refractivity contribution in [3.63, 3.8) is 0 Å². The third kappa shape index (κ3) is 3.85. The van der Waals surface area contributed by atoms with E-state index in [0.29, 0.717) is 16.1 Å². The van der Waals surface area contributed by atoms with Crippen molar-refractivity contribution in [2.75, 3.05) is 5.32 Å². The summed E-state index contributed by atoms with van der Waals surface area (Å²) in [5.74, 6) is -1.93. The minimum atomic E-state index is -3.75. The molecule has 0 atom stereocenters. The Balaban J connectivity index is 1.27. The number of carbonyl (C=O) groups excluding carboxylic acids is 2. The number of hydrogen-bond donors (Lipinski definition) is 2. The van der Waals surface area contributed by atoms with Crippen molar-refractivity contribution < 1.29 is 32.2 Å². The van der Waals surface area contributed by atoms with E-state index in [9.17, 15) is 22.8 Å². The van der Waals surface area contributed by atoms with Crippen LogP contribution in [0.5, 0.6) is 11.5 Å². The first-order valence-electron chi connectivity index (χ1n) is 8.98. The third-order valence-electron chi connectivity index (χ3n) is 4.39. The van der Waals surface area contributed by atoms with Crippen LogP contribution in [-0.2, 0) is 6.42 Å². The van der Waals surface area contributed by atoms with Gasteiger partial charge in [0.15, 0.2) is 17.3 Å². The lowest BCUT2D eigenvalue weighted by atomic mass is 10.1. The zero-order valence-corrected chi connectivity index (χ0v) is 16.5. The summed E-state index contributed by atoms with van der Waals surface area (Å²) in [7, 11) is 0. The molecule has 1 aliphatic rings. The van der Waals surface area contributed by atoms with Gasteiger partial charge in [-0.15, -0.1) is 8.78 Å². The molecule has 5 rings (SSSR count). The van der Waals surface area contributed by atoms with E-state index in [1.54, 1.807) is 0 Å². The van der Waals surface area contributed by atoms with Gasteiger partial charge in [0.25, 0.3) is 5.91 Å². The Bertz CT molecular complexity index is 1320. The number of nitrogens with one attached hydrogen (secondary N) is 2. The molecule has 1 aliphatic heterocycles. The van der Waals surface area contributed by atoms with Crippen LogP contribution in [0.1, 0.15) is 26.0 Å². The summed E-state index contributed by atoms with van der Waals surface area (Å²) in [4.78, 5) is 35.6. The van der Waals surface area contributed by atoms with E-state index in [-0.39, 0.29) is 41.0 Å². The number of imidazole rings is 1. The SMILES string of the molecule is O=C(Cc1nc(C(=O)Nc2nc3cc4c(cc3[nH]2)OC(F)(F)O4)ns1)c1ccc(F)cc1. The molecule has 3 heterocycles. The average Bonchev–Trinajstić information content (AvgIpc) is 3.41. The van der Waals surface area contributed by atoms with Gasteiger partial charge in [-0.05, 0) is 35.8 Å². The first kappa shape index (κ1) is 19.9. The Morgan fingerprint density at radius 2 is 1.81 bits per heavy atom. The molecule has 0 bridgehead atoms. The fourth-order valence-electron chi connectivity index (χ4n) is 2.97. The van der Waals surface area contributed by atoms with Crippen molar-refractivity contribution in [1.29, 1.82) is 0 Å². The number of amides is 1. The van der Waals surface area contributed by atoms with Crippen molar-refractivity contribution >= 4 is 40.2 Å². The maximum Gasteiger partial charge on any atom is 0.586 e. The Hall–Kier alpha value is -4.00. The van der Waals surface area contributed by atoms with E-state index in [0.717, 1.165) is 11.5 Å². The first-order valence-corrected chi connectivity index (χ1v) is 9.75. The highest BCUT2D eigenvalue weighted by Gasteiger charge is 2.43. The van der Waals surface area contributed by atoms with E-state index in [1.165, 1.54) is 36.4 Å². The van der Waals surface area contributed by atoms with Crippen molar-refractivity contribution in [3.05, 3.63) is 58.6 Å². The molecule has 0 saturated carbocycles. The Morgan fingerprint density at radius 1 is 1.09 bits per heavy atom. The molecule has 162 valence electrons. The fourth-order valence-corrected chi connectivity index (χ4v) is 3.61. The van der Waals surface area contributed by atoms with Crippen LogP contribution in [0.3, 0.4) is 0 Å². The van der Waals surface area contributed by atoms with Crippen molar-refractivity contribution in [2.24, 2.45) is 0 Å². The van der Waals surface area contributed by atoms with Crippen molar-refractivity contribution in [3.8, 4) is 11.5 Å². The lowest BCUT2D eigenvalue weighted by molar-refractivity contribution is -0.286. The maximum atomic E-state index is 13.1. The lowest BCUT2D eigenvalue weighted by Crippen LogP contribution is -2.25. The zero-order valence-electron chi connectivity index (χ0n) is 15.7. The number of fused-ring (bicyclic) bond motifs is 2. The van der Waals surface area contributed by atoms with Gasteiger partial charge in [-0.1, -0.05) is 0 Å². The normalized spacial score (nSPS) is 14.0.